The SMILES string of the molecule is Cc1cc(B2OC(C)(C)C(C)(C)O2)cc(C)c1CNS(=O)(=O)C1CCCC1. The van der Waals surface area contributed by atoms with E-state index in [1.54, 1.807) is 0 Å². The molecule has 1 aliphatic heterocycles. The third-order valence-corrected chi connectivity index (χ3v) is 8.33. The van der Waals surface area contributed by atoms with E-state index in [0.29, 0.717) is 6.54 Å². The highest BCUT2D eigenvalue weighted by Gasteiger charge is 2.51. The fraction of sp³-hybridized carbons (Fsp3) is 0.700. The summed E-state index contributed by atoms with van der Waals surface area (Å²) >= 11 is 0. The van der Waals surface area contributed by atoms with Crippen molar-refractivity contribution in [3.05, 3.63) is 28.8 Å². The Balaban J connectivity index is 1.76. The molecule has 1 aromatic carbocycles. The van der Waals surface area contributed by atoms with E-state index >= 15 is 0 Å². The van der Waals surface area contributed by atoms with Crippen LogP contribution in [0.3, 0.4) is 0 Å². The first-order chi connectivity index (χ1) is 12.4. The van der Waals surface area contributed by atoms with Gasteiger partial charge in [0.1, 0.15) is 0 Å². The van der Waals surface area contributed by atoms with Gasteiger partial charge < -0.3 is 9.31 Å². The highest BCUT2D eigenvalue weighted by molar-refractivity contribution is 7.90. The molecule has 1 aliphatic carbocycles. The van der Waals surface area contributed by atoms with E-state index in [4.69, 9.17) is 9.31 Å². The summed E-state index contributed by atoms with van der Waals surface area (Å²) in [5, 5.41) is -0.234. The maximum absolute atomic E-state index is 12.5. The van der Waals surface area contributed by atoms with Gasteiger partial charge in [0, 0.05) is 6.54 Å². The third-order valence-electron chi connectivity index (χ3n) is 6.43. The third kappa shape index (κ3) is 4.11. The van der Waals surface area contributed by atoms with Crippen molar-refractivity contribution in [2.75, 3.05) is 0 Å². The smallest absolute Gasteiger partial charge is 0.399 e. The number of hydrogen-bond donors (Lipinski definition) is 1. The lowest BCUT2D eigenvalue weighted by atomic mass is 9.76. The Labute approximate surface area is 164 Å². The van der Waals surface area contributed by atoms with Gasteiger partial charge in [0.2, 0.25) is 10.0 Å². The molecule has 2 aliphatic rings. The molecule has 27 heavy (non-hydrogen) atoms. The zero-order valence-electron chi connectivity index (χ0n) is 17.4. The first-order valence-corrected chi connectivity index (χ1v) is 11.4. The first kappa shape index (κ1) is 20.8. The second-order valence-electron chi connectivity index (χ2n) is 8.99. The molecule has 3 rings (SSSR count). The van der Waals surface area contributed by atoms with Gasteiger partial charge in [0.05, 0.1) is 16.5 Å². The van der Waals surface area contributed by atoms with Gasteiger partial charge in [-0.2, -0.15) is 0 Å². The van der Waals surface area contributed by atoms with Gasteiger partial charge in [-0.05, 0) is 76.5 Å². The van der Waals surface area contributed by atoms with Gasteiger partial charge in [0.25, 0.3) is 0 Å². The van der Waals surface area contributed by atoms with Crippen LogP contribution in [0.2, 0.25) is 0 Å². The maximum Gasteiger partial charge on any atom is 0.494 e. The minimum Gasteiger partial charge on any atom is -0.399 e. The average molecular weight is 393 g/mol. The van der Waals surface area contributed by atoms with Crippen molar-refractivity contribution in [2.24, 2.45) is 0 Å². The lowest BCUT2D eigenvalue weighted by Gasteiger charge is -2.32. The first-order valence-electron chi connectivity index (χ1n) is 9.87. The molecule has 5 nitrogen and oxygen atoms in total. The van der Waals surface area contributed by atoms with E-state index in [1.807, 2.05) is 53.7 Å². The van der Waals surface area contributed by atoms with E-state index in [-0.39, 0.29) is 16.5 Å². The van der Waals surface area contributed by atoms with E-state index in [0.717, 1.165) is 47.8 Å². The Bertz CT molecular complexity index is 774. The van der Waals surface area contributed by atoms with Crippen LogP contribution in [0.25, 0.3) is 0 Å². The van der Waals surface area contributed by atoms with Gasteiger partial charge in [-0.1, -0.05) is 25.0 Å². The number of hydrogen-bond acceptors (Lipinski definition) is 4. The molecule has 0 amide bonds. The van der Waals surface area contributed by atoms with Crippen LogP contribution in [0.5, 0.6) is 0 Å². The zero-order chi connectivity index (χ0) is 20.0. The van der Waals surface area contributed by atoms with Crippen LogP contribution < -0.4 is 10.2 Å². The summed E-state index contributed by atoms with van der Waals surface area (Å²) in [6.07, 6.45) is 3.56. The Morgan fingerprint density at radius 3 is 2.00 bits per heavy atom. The van der Waals surface area contributed by atoms with Gasteiger partial charge in [-0.3, -0.25) is 0 Å². The Morgan fingerprint density at radius 2 is 1.52 bits per heavy atom. The monoisotopic (exact) mass is 393 g/mol. The summed E-state index contributed by atoms with van der Waals surface area (Å²) in [6.45, 7) is 12.5. The maximum atomic E-state index is 12.5. The molecule has 0 atom stereocenters. The molecule has 0 bridgehead atoms. The molecule has 150 valence electrons. The highest BCUT2D eigenvalue weighted by atomic mass is 32.2. The number of rotatable bonds is 5. The molecule has 0 spiro atoms. The van der Waals surface area contributed by atoms with Crippen molar-refractivity contribution < 1.29 is 17.7 Å². The van der Waals surface area contributed by atoms with Gasteiger partial charge in [0.15, 0.2) is 0 Å². The lowest BCUT2D eigenvalue weighted by molar-refractivity contribution is 0.00578. The quantitative estimate of drug-likeness (QED) is 0.782. The van der Waals surface area contributed by atoms with E-state index < -0.39 is 17.1 Å². The molecule has 1 aromatic rings. The number of sulfonamides is 1. The fourth-order valence-electron chi connectivity index (χ4n) is 3.91. The molecule has 0 aromatic heterocycles. The summed E-state index contributed by atoms with van der Waals surface area (Å²) in [4.78, 5) is 0. The average Bonchev–Trinajstić information content (AvgIpc) is 3.14. The van der Waals surface area contributed by atoms with Crippen LogP contribution in [-0.4, -0.2) is 32.0 Å². The van der Waals surface area contributed by atoms with Crippen LogP contribution >= 0.6 is 0 Å². The van der Waals surface area contributed by atoms with Crippen molar-refractivity contribution in [2.45, 2.75) is 90.2 Å². The Kier molecular flexibility index (Phi) is 5.54. The van der Waals surface area contributed by atoms with Crippen molar-refractivity contribution in [1.82, 2.24) is 4.72 Å². The molecule has 0 radical (unpaired) electrons. The van der Waals surface area contributed by atoms with E-state index in [2.05, 4.69) is 4.72 Å². The standard InChI is InChI=1S/C20H32BNO4S/c1-14-11-16(21-25-19(3,4)20(5,6)26-21)12-15(2)18(14)13-22-27(23,24)17-9-7-8-10-17/h11-12,17,22H,7-10,13H2,1-6H3. The minimum atomic E-state index is -3.25. The summed E-state index contributed by atoms with van der Waals surface area (Å²) in [6, 6.07) is 4.10. The number of benzene rings is 1. The molecule has 1 heterocycles. The molecule has 1 saturated heterocycles. The van der Waals surface area contributed by atoms with Crippen LogP contribution in [0.4, 0.5) is 0 Å². The summed E-state index contributed by atoms with van der Waals surface area (Å²) in [5.41, 5.74) is 3.34. The zero-order valence-corrected chi connectivity index (χ0v) is 18.2. The van der Waals surface area contributed by atoms with Crippen molar-refractivity contribution >= 4 is 22.6 Å². The second-order valence-corrected chi connectivity index (χ2v) is 11.0. The second kappa shape index (κ2) is 7.18. The summed E-state index contributed by atoms with van der Waals surface area (Å²) in [7, 11) is -3.65. The van der Waals surface area contributed by atoms with Crippen molar-refractivity contribution in [1.29, 1.82) is 0 Å². The summed E-state index contributed by atoms with van der Waals surface area (Å²) < 4.78 is 40.1. The molecular formula is C20H32BNO4S. The van der Waals surface area contributed by atoms with Gasteiger partial charge in [-0.15, -0.1) is 0 Å². The van der Waals surface area contributed by atoms with Crippen LogP contribution in [-0.2, 0) is 25.9 Å². The van der Waals surface area contributed by atoms with Gasteiger partial charge >= 0.3 is 7.12 Å². The largest absolute Gasteiger partial charge is 0.494 e. The topological polar surface area (TPSA) is 64.6 Å². The lowest BCUT2D eigenvalue weighted by Crippen LogP contribution is -2.41. The summed E-state index contributed by atoms with van der Waals surface area (Å²) in [5.74, 6) is 0. The molecule has 1 saturated carbocycles. The van der Waals surface area contributed by atoms with Crippen LogP contribution in [0.15, 0.2) is 12.1 Å². The molecule has 2 fully saturated rings. The highest BCUT2D eigenvalue weighted by Crippen LogP contribution is 2.36. The number of aryl methyl sites for hydroxylation is 2. The number of nitrogens with one attached hydrogen (secondary N) is 1. The predicted octanol–water partition coefficient (Wildman–Crippen LogP) is 2.96. The Hall–Kier alpha value is -0.885. The van der Waals surface area contributed by atoms with Crippen molar-refractivity contribution in [3.63, 3.8) is 0 Å². The molecule has 1 N–H and O–H groups in total. The van der Waals surface area contributed by atoms with Crippen LogP contribution in [0, 0.1) is 13.8 Å². The predicted molar refractivity (Wildman–Crippen MR) is 110 cm³/mol. The van der Waals surface area contributed by atoms with Gasteiger partial charge in [-0.25, -0.2) is 13.1 Å². The fourth-order valence-corrected chi connectivity index (χ4v) is 5.45. The normalized spacial score (nSPS) is 22.5. The van der Waals surface area contributed by atoms with Crippen molar-refractivity contribution in [3.8, 4) is 0 Å². The Morgan fingerprint density at radius 1 is 1.04 bits per heavy atom. The molecular weight excluding hydrogens is 361 g/mol. The van der Waals surface area contributed by atoms with Crippen LogP contribution in [0.1, 0.15) is 70.1 Å². The minimum absolute atomic E-state index is 0.234. The van der Waals surface area contributed by atoms with E-state index in [9.17, 15) is 8.42 Å². The molecule has 0 unspecified atom stereocenters. The molecule has 7 heteroatoms. The van der Waals surface area contributed by atoms with E-state index in [1.165, 1.54) is 0 Å².